The Hall–Kier alpha value is -3.80. The maximum atomic E-state index is 13.3. The van der Waals surface area contributed by atoms with Crippen molar-refractivity contribution in [3.05, 3.63) is 82.2 Å². The summed E-state index contributed by atoms with van der Waals surface area (Å²) < 4.78 is 13.3. The average Bonchev–Trinajstić information content (AvgIpc) is 3.45. The number of hydrogen-bond donors (Lipinski definition) is 0. The van der Waals surface area contributed by atoms with Gasteiger partial charge in [0.25, 0.3) is 0 Å². The minimum Gasteiger partial charge on any atom is -0.497 e. The first kappa shape index (κ1) is 23.9. The van der Waals surface area contributed by atoms with Crippen molar-refractivity contribution >= 4 is 22.6 Å². The molecule has 3 aromatic carbocycles. The molecular weight excluding hydrogens is 450 g/mol. The molecule has 0 spiro atoms. The summed E-state index contributed by atoms with van der Waals surface area (Å²) in [6.45, 7) is 10.0. The van der Waals surface area contributed by atoms with Crippen LogP contribution in [0.15, 0.2) is 48.5 Å². The van der Waals surface area contributed by atoms with E-state index < -0.39 is 0 Å². The van der Waals surface area contributed by atoms with E-state index in [4.69, 9.17) is 14.5 Å². The topological polar surface area (TPSA) is 56.6 Å². The van der Waals surface area contributed by atoms with Gasteiger partial charge in [-0.1, -0.05) is 18.2 Å². The number of para-hydroxylation sites is 2. The Kier molecular flexibility index (Phi) is 6.20. The summed E-state index contributed by atoms with van der Waals surface area (Å²) in [6, 6.07) is 16.1. The number of ether oxygens (including phenoxy) is 2. The van der Waals surface area contributed by atoms with Crippen LogP contribution in [0.3, 0.4) is 0 Å². The first-order valence-corrected chi connectivity index (χ1v) is 12.4. The standard InChI is InChI=1S/C30H33N3O3/c1-18-13-19(2)21(4)24(20(18)3)17-33-26-10-8-7-9-25(26)31-30(33)22-14-29(34)32(16-22)27-15-23(35-5)11-12-28(27)36-6/h7-13,15,22H,14,16-17H2,1-6H3. The Morgan fingerprint density at radius 3 is 2.36 bits per heavy atom. The zero-order valence-electron chi connectivity index (χ0n) is 21.9. The summed E-state index contributed by atoms with van der Waals surface area (Å²) in [4.78, 5) is 20.2. The highest BCUT2D eigenvalue weighted by Crippen LogP contribution is 2.39. The fraction of sp³-hybridized carbons (Fsp3) is 0.333. The minimum absolute atomic E-state index is 0.0349. The number of carbonyl (C=O) groups excluding carboxylic acids is 1. The van der Waals surface area contributed by atoms with Gasteiger partial charge in [-0.25, -0.2) is 4.98 Å². The third-order valence-corrected chi connectivity index (χ3v) is 7.69. The molecule has 186 valence electrons. The number of carbonyl (C=O) groups is 1. The van der Waals surface area contributed by atoms with Gasteiger partial charge in [0, 0.05) is 31.5 Å². The summed E-state index contributed by atoms with van der Waals surface area (Å²) in [5.41, 5.74) is 9.32. The lowest BCUT2D eigenvalue weighted by atomic mass is 9.94. The number of aromatic nitrogens is 2. The van der Waals surface area contributed by atoms with E-state index in [9.17, 15) is 4.79 Å². The van der Waals surface area contributed by atoms with Crippen molar-refractivity contribution in [1.82, 2.24) is 9.55 Å². The lowest BCUT2D eigenvalue weighted by molar-refractivity contribution is -0.117. The molecule has 1 fully saturated rings. The Morgan fingerprint density at radius 1 is 0.944 bits per heavy atom. The van der Waals surface area contributed by atoms with E-state index in [0.29, 0.717) is 24.5 Å². The van der Waals surface area contributed by atoms with Crippen LogP contribution in [-0.4, -0.2) is 36.2 Å². The van der Waals surface area contributed by atoms with E-state index in [-0.39, 0.29) is 11.8 Å². The molecular formula is C30H33N3O3. The van der Waals surface area contributed by atoms with Gasteiger partial charge in [0.2, 0.25) is 5.91 Å². The number of fused-ring (bicyclic) bond motifs is 1. The van der Waals surface area contributed by atoms with Crippen molar-refractivity contribution in [2.45, 2.75) is 46.6 Å². The average molecular weight is 484 g/mol. The molecule has 6 heteroatoms. The van der Waals surface area contributed by atoms with E-state index in [2.05, 4.69) is 56.5 Å². The quantitative estimate of drug-likeness (QED) is 0.345. The second-order valence-electron chi connectivity index (χ2n) is 9.73. The van der Waals surface area contributed by atoms with Crippen LogP contribution in [0.1, 0.15) is 46.0 Å². The number of aryl methyl sites for hydroxylation is 2. The third kappa shape index (κ3) is 4.00. The fourth-order valence-electron chi connectivity index (χ4n) is 5.39. The second-order valence-corrected chi connectivity index (χ2v) is 9.73. The molecule has 1 aromatic heterocycles. The largest absolute Gasteiger partial charge is 0.497 e. The molecule has 1 saturated heterocycles. The monoisotopic (exact) mass is 483 g/mol. The van der Waals surface area contributed by atoms with Crippen molar-refractivity contribution < 1.29 is 14.3 Å². The highest BCUT2D eigenvalue weighted by atomic mass is 16.5. The van der Waals surface area contributed by atoms with E-state index >= 15 is 0 Å². The number of anilines is 1. The van der Waals surface area contributed by atoms with Crippen molar-refractivity contribution in [3.63, 3.8) is 0 Å². The summed E-state index contributed by atoms with van der Waals surface area (Å²) in [5.74, 6) is 2.32. The summed E-state index contributed by atoms with van der Waals surface area (Å²) in [5, 5.41) is 0. The molecule has 1 unspecified atom stereocenters. The highest BCUT2D eigenvalue weighted by Gasteiger charge is 2.36. The van der Waals surface area contributed by atoms with Crippen LogP contribution in [0, 0.1) is 27.7 Å². The number of amides is 1. The molecule has 1 atom stereocenters. The van der Waals surface area contributed by atoms with Gasteiger partial charge in [-0.15, -0.1) is 0 Å². The molecule has 36 heavy (non-hydrogen) atoms. The predicted molar refractivity (Wildman–Crippen MR) is 143 cm³/mol. The Labute approximate surface area is 212 Å². The maximum absolute atomic E-state index is 13.3. The molecule has 6 nitrogen and oxygen atoms in total. The van der Waals surface area contributed by atoms with E-state index in [1.165, 1.54) is 27.8 Å². The van der Waals surface area contributed by atoms with Crippen molar-refractivity contribution in [1.29, 1.82) is 0 Å². The molecule has 0 aliphatic carbocycles. The lowest BCUT2D eigenvalue weighted by Crippen LogP contribution is -2.25. The van der Waals surface area contributed by atoms with Crippen LogP contribution in [0.25, 0.3) is 11.0 Å². The number of benzene rings is 3. The summed E-state index contributed by atoms with van der Waals surface area (Å²) >= 11 is 0. The van der Waals surface area contributed by atoms with Crippen LogP contribution >= 0.6 is 0 Å². The fourth-order valence-corrected chi connectivity index (χ4v) is 5.39. The lowest BCUT2D eigenvalue weighted by Gasteiger charge is -2.21. The van der Waals surface area contributed by atoms with Crippen molar-refractivity contribution in [2.75, 3.05) is 25.7 Å². The van der Waals surface area contributed by atoms with Gasteiger partial charge in [0.05, 0.1) is 30.9 Å². The van der Waals surface area contributed by atoms with Crippen LogP contribution in [0.2, 0.25) is 0 Å². The number of methoxy groups -OCH3 is 2. The molecule has 0 saturated carbocycles. The Bertz CT molecular complexity index is 1440. The van der Waals surface area contributed by atoms with E-state index in [1.807, 2.05) is 29.2 Å². The molecule has 1 amide bonds. The molecule has 4 aromatic rings. The van der Waals surface area contributed by atoms with Gasteiger partial charge in [-0.3, -0.25) is 4.79 Å². The molecule has 5 rings (SSSR count). The van der Waals surface area contributed by atoms with E-state index in [1.54, 1.807) is 14.2 Å². The number of nitrogens with zero attached hydrogens (tertiary/aromatic N) is 3. The van der Waals surface area contributed by atoms with Gasteiger partial charge in [0.1, 0.15) is 17.3 Å². The zero-order chi connectivity index (χ0) is 25.6. The molecule has 1 aliphatic rings. The predicted octanol–water partition coefficient (Wildman–Crippen LogP) is 5.86. The second kappa shape index (κ2) is 9.34. The van der Waals surface area contributed by atoms with E-state index in [0.717, 1.165) is 29.1 Å². The van der Waals surface area contributed by atoms with Crippen LogP contribution < -0.4 is 14.4 Å². The van der Waals surface area contributed by atoms with Gasteiger partial charge in [-0.2, -0.15) is 0 Å². The molecule has 2 heterocycles. The van der Waals surface area contributed by atoms with Crippen LogP contribution in [-0.2, 0) is 11.3 Å². The first-order chi connectivity index (χ1) is 17.3. The SMILES string of the molecule is COc1ccc(OC)c(N2CC(c3nc4ccccc4n3Cc3c(C)c(C)cc(C)c3C)CC2=O)c1. The maximum Gasteiger partial charge on any atom is 0.227 e. The smallest absolute Gasteiger partial charge is 0.227 e. The number of rotatable bonds is 6. The van der Waals surface area contributed by atoms with Gasteiger partial charge < -0.3 is 18.9 Å². The molecule has 0 N–H and O–H groups in total. The number of hydrogen-bond acceptors (Lipinski definition) is 4. The van der Waals surface area contributed by atoms with Crippen molar-refractivity contribution in [3.8, 4) is 11.5 Å². The highest BCUT2D eigenvalue weighted by molar-refractivity contribution is 5.98. The summed E-state index contributed by atoms with van der Waals surface area (Å²) in [7, 11) is 3.25. The normalized spacial score (nSPS) is 15.7. The van der Waals surface area contributed by atoms with Crippen LogP contribution in [0.5, 0.6) is 11.5 Å². The van der Waals surface area contributed by atoms with Crippen LogP contribution in [0.4, 0.5) is 5.69 Å². The molecule has 0 radical (unpaired) electrons. The zero-order valence-corrected chi connectivity index (χ0v) is 21.9. The van der Waals surface area contributed by atoms with Gasteiger partial charge in [-0.05, 0) is 79.8 Å². The number of imidazole rings is 1. The minimum atomic E-state index is -0.0349. The third-order valence-electron chi connectivity index (χ3n) is 7.69. The van der Waals surface area contributed by atoms with Crippen molar-refractivity contribution in [2.24, 2.45) is 0 Å². The molecule has 1 aliphatic heterocycles. The molecule has 0 bridgehead atoms. The Balaban J connectivity index is 1.58. The Morgan fingerprint density at radius 2 is 1.67 bits per heavy atom. The van der Waals surface area contributed by atoms with Gasteiger partial charge in [0.15, 0.2) is 0 Å². The summed E-state index contributed by atoms with van der Waals surface area (Å²) in [6.07, 6.45) is 0.397. The van der Waals surface area contributed by atoms with Gasteiger partial charge >= 0.3 is 0 Å². The first-order valence-electron chi connectivity index (χ1n) is 12.4.